The van der Waals surface area contributed by atoms with Crippen molar-refractivity contribution in [3.05, 3.63) is 29.3 Å². The molecule has 1 unspecified atom stereocenters. The zero-order valence-corrected chi connectivity index (χ0v) is 10.8. The minimum Gasteiger partial charge on any atom is -0.496 e. The first-order valence-electron chi connectivity index (χ1n) is 6.29. The van der Waals surface area contributed by atoms with Crippen molar-refractivity contribution in [3.8, 4) is 5.75 Å². The Kier molecular flexibility index (Phi) is 2.96. The maximum absolute atomic E-state index is 5.55. The van der Waals surface area contributed by atoms with Crippen molar-refractivity contribution in [1.29, 1.82) is 0 Å². The van der Waals surface area contributed by atoms with Crippen LogP contribution in [0.2, 0.25) is 0 Å². The van der Waals surface area contributed by atoms with E-state index in [0.29, 0.717) is 5.41 Å². The van der Waals surface area contributed by atoms with E-state index in [0.717, 1.165) is 11.7 Å². The van der Waals surface area contributed by atoms with Gasteiger partial charge in [-0.1, -0.05) is 32.4 Å². The van der Waals surface area contributed by atoms with E-state index in [2.05, 4.69) is 39.0 Å². The van der Waals surface area contributed by atoms with Crippen LogP contribution >= 0.6 is 0 Å². The number of aryl methyl sites for hydroxylation is 1. The highest BCUT2D eigenvalue weighted by Crippen LogP contribution is 2.58. The molecule has 1 aliphatic carbocycles. The minimum atomic E-state index is 0.408. The summed E-state index contributed by atoms with van der Waals surface area (Å²) in [7, 11) is 1.78. The molecule has 0 N–H and O–H groups in total. The maximum Gasteiger partial charge on any atom is 0.122 e. The molecular weight excluding hydrogens is 196 g/mol. The second-order valence-electron chi connectivity index (χ2n) is 5.12. The molecule has 1 atom stereocenters. The van der Waals surface area contributed by atoms with Crippen LogP contribution in [0.1, 0.15) is 44.2 Å². The van der Waals surface area contributed by atoms with Crippen molar-refractivity contribution in [1.82, 2.24) is 0 Å². The highest BCUT2D eigenvalue weighted by Gasteiger charge is 2.50. The lowest BCUT2D eigenvalue weighted by atomic mass is 9.80. The summed E-state index contributed by atoms with van der Waals surface area (Å²) in [5, 5.41) is 0. The first-order chi connectivity index (χ1) is 7.65. The molecule has 2 rings (SSSR count). The first kappa shape index (κ1) is 11.5. The van der Waals surface area contributed by atoms with Gasteiger partial charge in [0.2, 0.25) is 0 Å². The third kappa shape index (κ3) is 1.63. The largest absolute Gasteiger partial charge is 0.496 e. The van der Waals surface area contributed by atoms with Gasteiger partial charge in [0.05, 0.1) is 7.11 Å². The van der Waals surface area contributed by atoms with Crippen LogP contribution in [0.15, 0.2) is 18.2 Å². The Morgan fingerprint density at radius 1 is 1.38 bits per heavy atom. The molecule has 1 saturated carbocycles. The third-order valence-corrected chi connectivity index (χ3v) is 4.30. The monoisotopic (exact) mass is 218 g/mol. The Bertz CT molecular complexity index is 377. The number of ether oxygens (including phenoxy) is 1. The Hall–Kier alpha value is -0.980. The van der Waals surface area contributed by atoms with Crippen molar-refractivity contribution in [2.24, 2.45) is 5.92 Å². The molecule has 0 saturated heterocycles. The summed E-state index contributed by atoms with van der Waals surface area (Å²) in [6, 6.07) is 6.40. The SMILES string of the molecule is CCC(C)C1(c2c(C)cccc2OC)CC1. The van der Waals surface area contributed by atoms with Crippen molar-refractivity contribution in [2.75, 3.05) is 7.11 Å². The Labute approximate surface area is 98.8 Å². The van der Waals surface area contributed by atoms with Gasteiger partial charge in [-0.25, -0.2) is 0 Å². The average molecular weight is 218 g/mol. The van der Waals surface area contributed by atoms with E-state index < -0.39 is 0 Å². The van der Waals surface area contributed by atoms with Gasteiger partial charge in [-0.3, -0.25) is 0 Å². The summed E-state index contributed by atoms with van der Waals surface area (Å²) in [5.74, 6) is 1.83. The second-order valence-corrected chi connectivity index (χ2v) is 5.12. The smallest absolute Gasteiger partial charge is 0.122 e. The van der Waals surface area contributed by atoms with Crippen LogP contribution < -0.4 is 4.74 Å². The van der Waals surface area contributed by atoms with Gasteiger partial charge in [-0.2, -0.15) is 0 Å². The van der Waals surface area contributed by atoms with E-state index in [1.807, 2.05) is 0 Å². The van der Waals surface area contributed by atoms with Crippen LogP contribution in [-0.4, -0.2) is 7.11 Å². The van der Waals surface area contributed by atoms with Crippen LogP contribution in [0, 0.1) is 12.8 Å². The van der Waals surface area contributed by atoms with E-state index >= 15 is 0 Å². The standard InChI is InChI=1S/C15H22O/c1-5-12(3)15(9-10-15)14-11(2)7-6-8-13(14)16-4/h6-8,12H,5,9-10H2,1-4H3. The number of hydrogen-bond donors (Lipinski definition) is 0. The molecule has 0 amide bonds. The zero-order chi connectivity index (χ0) is 11.8. The van der Waals surface area contributed by atoms with Gasteiger partial charge in [0.25, 0.3) is 0 Å². The molecule has 1 heteroatoms. The number of rotatable bonds is 4. The fourth-order valence-electron chi connectivity index (χ4n) is 2.96. The normalized spacial score (nSPS) is 19.2. The molecule has 16 heavy (non-hydrogen) atoms. The summed E-state index contributed by atoms with van der Waals surface area (Å²) in [5.41, 5.74) is 3.26. The maximum atomic E-state index is 5.55. The zero-order valence-electron chi connectivity index (χ0n) is 10.8. The second kappa shape index (κ2) is 4.12. The molecule has 1 aromatic carbocycles. The molecule has 0 spiro atoms. The Morgan fingerprint density at radius 2 is 2.06 bits per heavy atom. The molecule has 1 aromatic rings. The Balaban J connectivity index is 2.47. The lowest BCUT2D eigenvalue weighted by Gasteiger charge is -2.26. The quantitative estimate of drug-likeness (QED) is 0.740. The van der Waals surface area contributed by atoms with Crippen LogP contribution in [0.4, 0.5) is 0 Å². The summed E-state index contributed by atoms with van der Waals surface area (Å²) in [6.45, 7) is 6.87. The minimum absolute atomic E-state index is 0.408. The third-order valence-electron chi connectivity index (χ3n) is 4.30. The predicted octanol–water partition coefficient (Wildman–Crippen LogP) is 4.08. The van der Waals surface area contributed by atoms with Crippen molar-refractivity contribution in [3.63, 3.8) is 0 Å². The van der Waals surface area contributed by atoms with E-state index in [1.165, 1.54) is 30.4 Å². The fourth-order valence-corrected chi connectivity index (χ4v) is 2.96. The summed E-state index contributed by atoms with van der Waals surface area (Å²) in [6.07, 6.45) is 3.89. The number of benzene rings is 1. The lowest BCUT2D eigenvalue weighted by Crippen LogP contribution is -2.19. The molecule has 1 fully saturated rings. The lowest BCUT2D eigenvalue weighted by molar-refractivity contribution is 0.375. The van der Waals surface area contributed by atoms with E-state index in [9.17, 15) is 0 Å². The summed E-state index contributed by atoms with van der Waals surface area (Å²) < 4.78 is 5.55. The highest BCUT2D eigenvalue weighted by atomic mass is 16.5. The topological polar surface area (TPSA) is 9.23 Å². The van der Waals surface area contributed by atoms with E-state index in [1.54, 1.807) is 7.11 Å². The molecule has 0 heterocycles. The van der Waals surface area contributed by atoms with Gasteiger partial charge in [0.15, 0.2) is 0 Å². The predicted molar refractivity (Wildman–Crippen MR) is 68.1 cm³/mol. The van der Waals surface area contributed by atoms with Crippen LogP contribution in [-0.2, 0) is 5.41 Å². The fraction of sp³-hybridized carbons (Fsp3) is 0.600. The van der Waals surface area contributed by atoms with Gasteiger partial charge >= 0.3 is 0 Å². The molecule has 0 aromatic heterocycles. The first-order valence-corrected chi connectivity index (χ1v) is 6.29. The van der Waals surface area contributed by atoms with E-state index in [4.69, 9.17) is 4.74 Å². The van der Waals surface area contributed by atoms with Crippen LogP contribution in [0.3, 0.4) is 0 Å². The van der Waals surface area contributed by atoms with Crippen molar-refractivity contribution in [2.45, 2.75) is 45.4 Å². The van der Waals surface area contributed by atoms with Crippen molar-refractivity contribution >= 4 is 0 Å². The van der Waals surface area contributed by atoms with Gasteiger partial charge in [0.1, 0.15) is 5.75 Å². The summed E-state index contributed by atoms with van der Waals surface area (Å²) >= 11 is 0. The van der Waals surface area contributed by atoms with Crippen LogP contribution in [0.5, 0.6) is 5.75 Å². The number of methoxy groups -OCH3 is 1. The van der Waals surface area contributed by atoms with Gasteiger partial charge in [-0.05, 0) is 37.3 Å². The van der Waals surface area contributed by atoms with Crippen molar-refractivity contribution < 1.29 is 4.74 Å². The van der Waals surface area contributed by atoms with E-state index in [-0.39, 0.29) is 0 Å². The van der Waals surface area contributed by atoms with Crippen LogP contribution in [0.25, 0.3) is 0 Å². The molecular formula is C15H22O. The highest BCUT2D eigenvalue weighted by molar-refractivity contribution is 5.48. The molecule has 0 bridgehead atoms. The average Bonchev–Trinajstić information content (AvgIpc) is 3.08. The molecule has 1 nitrogen and oxygen atoms in total. The number of hydrogen-bond acceptors (Lipinski definition) is 1. The summed E-state index contributed by atoms with van der Waals surface area (Å²) in [4.78, 5) is 0. The molecule has 88 valence electrons. The van der Waals surface area contributed by atoms with Gasteiger partial charge in [0, 0.05) is 11.0 Å². The molecule has 0 radical (unpaired) electrons. The van der Waals surface area contributed by atoms with Gasteiger partial charge in [-0.15, -0.1) is 0 Å². The van der Waals surface area contributed by atoms with Gasteiger partial charge < -0.3 is 4.74 Å². The Morgan fingerprint density at radius 3 is 2.56 bits per heavy atom. The molecule has 0 aliphatic heterocycles. The molecule has 1 aliphatic rings.